The summed E-state index contributed by atoms with van der Waals surface area (Å²) in [5.74, 6) is 0.0519. The second kappa shape index (κ2) is 8.22. The lowest BCUT2D eigenvalue weighted by atomic mass is 9.82. The molecule has 3 aromatic carbocycles. The molecule has 5 rings (SSSR count). The zero-order valence-electron chi connectivity index (χ0n) is 17.0. The molecular formula is C27H19NOS2. The predicted molar refractivity (Wildman–Crippen MR) is 128 cm³/mol. The van der Waals surface area contributed by atoms with Crippen molar-refractivity contribution in [2.45, 2.75) is 26.6 Å². The number of nitrogens with zero attached hydrogens (tertiary/aromatic N) is 1. The van der Waals surface area contributed by atoms with Crippen LogP contribution in [0.25, 0.3) is 5.57 Å². The van der Waals surface area contributed by atoms with Gasteiger partial charge >= 0.3 is 0 Å². The molecule has 0 N–H and O–H groups in total. The Morgan fingerprint density at radius 2 is 1.45 bits per heavy atom. The first-order valence-electron chi connectivity index (χ1n) is 9.95. The maximum absolute atomic E-state index is 13.6. The molecule has 1 heterocycles. The summed E-state index contributed by atoms with van der Waals surface area (Å²) in [4.78, 5) is 21.1. The Labute approximate surface area is 190 Å². The lowest BCUT2D eigenvalue weighted by molar-refractivity contribution is 0.103. The number of benzene rings is 3. The van der Waals surface area contributed by atoms with Gasteiger partial charge in [-0.25, -0.2) is 4.98 Å². The van der Waals surface area contributed by atoms with Crippen LogP contribution in [0.5, 0.6) is 0 Å². The molecule has 2 nitrogen and oxygen atoms in total. The number of ketones is 1. The number of rotatable bonds is 4. The Kier molecular flexibility index (Phi) is 5.26. The Balaban J connectivity index is 1.58. The highest BCUT2D eigenvalue weighted by molar-refractivity contribution is 7.99. The summed E-state index contributed by atoms with van der Waals surface area (Å²) in [5.41, 5.74) is 5.36. The van der Waals surface area contributed by atoms with E-state index in [2.05, 4.69) is 42.8 Å². The van der Waals surface area contributed by atoms with Crippen LogP contribution in [-0.4, -0.2) is 10.8 Å². The van der Waals surface area contributed by atoms with Crippen LogP contribution in [0.15, 0.2) is 111 Å². The topological polar surface area (TPSA) is 30.0 Å². The first kappa shape index (κ1) is 19.9. The first-order chi connectivity index (χ1) is 15.1. The third-order valence-electron chi connectivity index (χ3n) is 5.25. The smallest absolute Gasteiger partial charge is 0.195 e. The average molecular weight is 438 g/mol. The molecule has 4 heteroatoms. The Bertz CT molecular complexity index is 1310. The summed E-state index contributed by atoms with van der Waals surface area (Å²) in [6.07, 6.45) is 1.78. The molecule has 0 radical (unpaired) electrons. The van der Waals surface area contributed by atoms with E-state index in [1.807, 2.05) is 54.6 Å². The fourth-order valence-electron chi connectivity index (χ4n) is 3.74. The van der Waals surface area contributed by atoms with E-state index in [1.165, 1.54) is 5.56 Å². The van der Waals surface area contributed by atoms with Crippen LogP contribution in [0, 0.1) is 6.92 Å². The fraction of sp³-hybridized carbons (Fsp3) is 0.0370. The summed E-state index contributed by atoms with van der Waals surface area (Å²) in [6, 6.07) is 26.1. The molecule has 31 heavy (non-hydrogen) atoms. The van der Waals surface area contributed by atoms with Crippen LogP contribution >= 0.6 is 23.5 Å². The van der Waals surface area contributed by atoms with Gasteiger partial charge in [0, 0.05) is 37.6 Å². The molecule has 0 spiro atoms. The zero-order chi connectivity index (χ0) is 21.4. The van der Waals surface area contributed by atoms with Crippen molar-refractivity contribution in [2.75, 3.05) is 0 Å². The SMILES string of the molecule is C=C1c2cccc(Sc3ccc(C)cc3)c2C(=O)c2cccc(Sc3ccccn3)c21. The van der Waals surface area contributed by atoms with E-state index in [0.717, 1.165) is 42.0 Å². The van der Waals surface area contributed by atoms with Crippen molar-refractivity contribution in [3.63, 3.8) is 0 Å². The van der Waals surface area contributed by atoms with E-state index < -0.39 is 0 Å². The van der Waals surface area contributed by atoms with Gasteiger partial charge < -0.3 is 0 Å². The number of aromatic nitrogens is 1. The van der Waals surface area contributed by atoms with Crippen LogP contribution < -0.4 is 0 Å². The number of pyridine rings is 1. The number of fused-ring (bicyclic) bond motifs is 2. The molecule has 0 aliphatic heterocycles. The Hall–Kier alpha value is -3.08. The minimum absolute atomic E-state index is 0.0519. The van der Waals surface area contributed by atoms with Gasteiger partial charge in [-0.3, -0.25) is 4.79 Å². The van der Waals surface area contributed by atoms with Crippen LogP contribution in [0.3, 0.4) is 0 Å². The molecule has 1 aliphatic rings. The standard InChI is InChI=1S/C27H19NOS2/c1-17-12-14-19(15-13-17)30-23-10-5-7-20-18(2)25-21(27(29)26(20)23)8-6-9-22(25)31-24-11-3-4-16-28-24/h3-16H,2H2,1H3. The highest BCUT2D eigenvalue weighted by Crippen LogP contribution is 2.45. The van der Waals surface area contributed by atoms with Crippen molar-refractivity contribution >= 4 is 34.9 Å². The molecule has 0 atom stereocenters. The molecule has 1 aliphatic carbocycles. The van der Waals surface area contributed by atoms with Crippen LogP contribution in [0.1, 0.15) is 32.6 Å². The van der Waals surface area contributed by atoms with E-state index in [4.69, 9.17) is 0 Å². The van der Waals surface area contributed by atoms with Crippen molar-refractivity contribution in [2.24, 2.45) is 0 Å². The minimum Gasteiger partial charge on any atom is -0.289 e. The summed E-state index contributed by atoms with van der Waals surface area (Å²) >= 11 is 3.18. The lowest BCUT2D eigenvalue weighted by Crippen LogP contribution is -2.16. The first-order valence-corrected chi connectivity index (χ1v) is 11.6. The molecule has 0 unspecified atom stereocenters. The zero-order valence-corrected chi connectivity index (χ0v) is 18.6. The van der Waals surface area contributed by atoms with Gasteiger partial charge in [0.25, 0.3) is 0 Å². The van der Waals surface area contributed by atoms with E-state index >= 15 is 0 Å². The Morgan fingerprint density at radius 3 is 2.16 bits per heavy atom. The molecule has 0 saturated carbocycles. The fourth-order valence-corrected chi connectivity index (χ4v) is 5.69. The van der Waals surface area contributed by atoms with Crippen LogP contribution in [0.2, 0.25) is 0 Å². The third-order valence-corrected chi connectivity index (χ3v) is 7.33. The van der Waals surface area contributed by atoms with Gasteiger partial charge in [-0.2, -0.15) is 0 Å². The van der Waals surface area contributed by atoms with E-state index in [0.29, 0.717) is 5.56 Å². The molecular weight excluding hydrogens is 418 g/mol. The second-order valence-electron chi connectivity index (χ2n) is 7.35. The Morgan fingerprint density at radius 1 is 0.742 bits per heavy atom. The predicted octanol–water partition coefficient (Wildman–Crippen LogP) is 7.30. The molecule has 0 amide bonds. The van der Waals surface area contributed by atoms with Gasteiger partial charge in [0.05, 0.1) is 0 Å². The van der Waals surface area contributed by atoms with Gasteiger partial charge in [0.15, 0.2) is 5.78 Å². The van der Waals surface area contributed by atoms with Crippen molar-refractivity contribution < 1.29 is 4.79 Å². The van der Waals surface area contributed by atoms with Crippen LogP contribution in [-0.2, 0) is 0 Å². The highest BCUT2D eigenvalue weighted by atomic mass is 32.2. The van der Waals surface area contributed by atoms with Gasteiger partial charge in [-0.05, 0) is 54.5 Å². The maximum Gasteiger partial charge on any atom is 0.195 e. The quantitative estimate of drug-likeness (QED) is 0.295. The van der Waals surface area contributed by atoms with E-state index in [-0.39, 0.29) is 5.78 Å². The minimum atomic E-state index is 0.0519. The molecule has 0 fully saturated rings. The van der Waals surface area contributed by atoms with Gasteiger partial charge in [-0.15, -0.1) is 0 Å². The molecule has 1 aromatic heterocycles. The van der Waals surface area contributed by atoms with E-state index in [1.54, 1.807) is 29.7 Å². The third kappa shape index (κ3) is 3.73. The second-order valence-corrected chi connectivity index (χ2v) is 9.53. The number of carbonyl (C=O) groups excluding carboxylic acids is 1. The van der Waals surface area contributed by atoms with Crippen LogP contribution in [0.4, 0.5) is 0 Å². The van der Waals surface area contributed by atoms with Gasteiger partial charge in [0.1, 0.15) is 5.03 Å². The lowest BCUT2D eigenvalue weighted by Gasteiger charge is -2.25. The number of aryl methyl sites for hydroxylation is 1. The maximum atomic E-state index is 13.6. The summed E-state index contributed by atoms with van der Waals surface area (Å²) < 4.78 is 0. The van der Waals surface area contributed by atoms with Crippen molar-refractivity contribution in [3.8, 4) is 0 Å². The van der Waals surface area contributed by atoms with Crippen molar-refractivity contribution in [1.82, 2.24) is 4.98 Å². The number of hydrogen-bond donors (Lipinski definition) is 0. The van der Waals surface area contributed by atoms with Crippen molar-refractivity contribution in [1.29, 1.82) is 0 Å². The number of carbonyl (C=O) groups is 1. The van der Waals surface area contributed by atoms with Crippen molar-refractivity contribution in [3.05, 3.63) is 119 Å². The highest BCUT2D eigenvalue weighted by Gasteiger charge is 2.30. The number of hydrogen-bond acceptors (Lipinski definition) is 4. The molecule has 0 saturated heterocycles. The largest absolute Gasteiger partial charge is 0.289 e. The normalized spacial score (nSPS) is 12.4. The monoisotopic (exact) mass is 437 g/mol. The molecule has 150 valence electrons. The summed E-state index contributed by atoms with van der Waals surface area (Å²) in [7, 11) is 0. The molecule has 4 aromatic rings. The summed E-state index contributed by atoms with van der Waals surface area (Å²) in [6.45, 7) is 6.47. The van der Waals surface area contributed by atoms with Gasteiger partial charge in [-0.1, -0.05) is 78.1 Å². The van der Waals surface area contributed by atoms with Gasteiger partial charge in [0.2, 0.25) is 0 Å². The average Bonchev–Trinajstić information content (AvgIpc) is 2.79. The van der Waals surface area contributed by atoms with E-state index in [9.17, 15) is 4.79 Å². The summed E-state index contributed by atoms with van der Waals surface area (Å²) in [5, 5.41) is 0.894. The molecule has 0 bridgehead atoms.